The largest absolute Gasteiger partial charge is 0.480 e. The number of carbonyl (C=O) groups excluding carboxylic acids is 1. The number of hydrogen-bond donors (Lipinski definition) is 2. The fourth-order valence-electron chi connectivity index (χ4n) is 1.58. The second kappa shape index (κ2) is 6.68. The summed E-state index contributed by atoms with van der Waals surface area (Å²) in [6.45, 7) is 3.24. The highest BCUT2D eigenvalue weighted by atomic mass is 19.1. The maximum absolute atomic E-state index is 13.3. The smallest absolute Gasteiger partial charge is 0.326 e. The first-order chi connectivity index (χ1) is 8.97. The summed E-state index contributed by atoms with van der Waals surface area (Å²) < 4.78 is 13.3. The number of allylic oxidation sites excluding steroid dienone is 1. The third-order valence-electron chi connectivity index (χ3n) is 2.72. The summed E-state index contributed by atoms with van der Waals surface area (Å²) in [5.41, 5.74) is 0.349. The monoisotopic (exact) mass is 265 g/mol. The van der Waals surface area contributed by atoms with Crippen LogP contribution in [-0.2, 0) is 4.79 Å². The molecule has 19 heavy (non-hydrogen) atoms. The van der Waals surface area contributed by atoms with Crippen LogP contribution < -0.4 is 5.32 Å². The summed E-state index contributed by atoms with van der Waals surface area (Å²) in [4.78, 5) is 22.9. The van der Waals surface area contributed by atoms with Gasteiger partial charge in [-0.1, -0.05) is 18.2 Å². The molecule has 1 aromatic carbocycles. The highest BCUT2D eigenvalue weighted by Gasteiger charge is 2.20. The number of amides is 1. The third-order valence-corrected chi connectivity index (χ3v) is 2.72. The Hall–Kier alpha value is -2.17. The molecule has 1 atom stereocenters. The molecule has 102 valence electrons. The van der Waals surface area contributed by atoms with Crippen molar-refractivity contribution in [3.05, 3.63) is 47.3 Å². The minimum Gasteiger partial charge on any atom is -0.480 e. The fourth-order valence-corrected chi connectivity index (χ4v) is 1.58. The van der Waals surface area contributed by atoms with Gasteiger partial charge in [0.1, 0.15) is 11.9 Å². The highest BCUT2D eigenvalue weighted by molar-refractivity contribution is 5.97. The zero-order valence-electron chi connectivity index (χ0n) is 10.8. The molecule has 1 aromatic rings. The summed E-state index contributed by atoms with van der Waals surface area (Å²) in [6.07, 6.45) is 3.54. The van der Waals surface area contributed by atoms with E-state index in [-0.39, 0.29) is 17.5 Å². The maximum Gasteiger partial charge on any atom is 0.326 e. The quantitative estimate of drug-likeness (QED) is 0.803. The van der Waals surface area contributed by atoms with Crippen molar-refractivity contribution >= 4 is 11.9 Å². The minimum absolute atomic E-state index is 0.145. The SMILES string of the molecule is C/C=C/CC(NC(=O)c1cccc(F)c1C)C(=O)O. The predicted octanol–water partition coefficient (Wildman–Crippen LogP) is 2.28. The molecule has 0 spiro atoms. The number of nitrogens with one attached hydrogen (secondary N) is 1. The van der Waals surface area contributed by atoms with E-state index in [1.807, 2.05) is 0 Å². The van der Waals surface area contributed by atoms with Crippen molar-refractivity contribution in [3.63, 3.8) is 0 Å². The highest BCUT2D eigenvalue weighted by Crippen LogP contribution is 2.12. The van der Waals surface area contributed by atoms with Crippen LogP contribution >= 0.6 is 0 Å². The van der Waals surface area contributed by atoms with Crippen molar-refractivity contribution in [1.29, 1.82) is 0 Å². The molecule has 0 aliphatic rings. The summed E-state index contributed by atoms with van der Waals surface area (Å²) >= 11 is 0. The molecule has 0 aromatic heterocycles. The number of aliphatic carboxylic acids is 1. The van der Waals surface area contributed by atoms with Gasteiger partial charge in [-0.2, -0.15) is 0 Å². The number of hydrogen-bond acceptors (Lipinski definition) is 2. The molecule has 1 rings (SSSR count). The first-order valence-electron chi connectivity index (χ1n) is 5.87. The van der Waals surface area contributed by atoms with Crippen LogP contribution in [0, 0.1) is 12.7 Å². The molecule has 0 saturated heterocycles. The lowest BCUT2D eigenvalue weighted by molar-refractivity contribution is -0.139. The molecule has 1 amide bonds. The van der Waals surface area contributed by atoms with Gasteiger partial charge < -0.3 is 10.4 Å². The molecule has 0 fully saturated rings. The Labute approximate surface area is 110 Å². The van der Waals surface area contributed by atoms with Crippen LogP contribution in [0.15, 0.2) is 30.4 Å². The molecule has 0 aliphatic carbocycles. The van der Waals surface area contributed by atoms with Crippen LogP contribution in [0.5, 0.6) is 0 Å². The summed E-state index contributed by atoms with van der Waals surface area (Å²) in [5.74, 6) is -2.21. The Balaban J connectivity index is 2.88. The summed E-state index contributed by atoms with van der Waals surface area (Å²) in [6, 6.07) is 3.10. The summed E-state index contributed by atoms with van der Waals surface area (Å²) in [5, 5.41) is 11.4. The van der Waals surface area contributed by atoms with Crippen molar-refractivity contribution in [2.45, 2.75) is 26.3 Å². The van der Waals surface area contributed by atoms with Gasteiger partial charge in [-0.15, -0.1) is 0 Å². The molecule has 1 unspecified atom stereocenters. The van der Waals surface area contributed by atoms with Gasteiger partial charge in [0.25, 0.3) is 5.91 Å². The zero-order chi connectivity index (χ0) is 14.4. The van der Waals surface area contributed by atoms with E-state index in [0.29, 0.717) is 0 Å². The Morgan fingerprint density at radius 1 is 1.47 bits per heavy atom. The van der Waals surface area contributed by atoms with Crippen LogP contribution in [0.4, 0.5) is 4.39 Å². The maximum atomic E-state index is 13.3. The molecule has 0 heterocycles. The van der Waals surface area contributed by atoms with Gasteiger partial charge in [-0.3, -0.25) is 4.79 Å². The van der Waals surface area contributed by atoms with Gasteiger partial charge in [0.05, 0.1) is 0 Å². The van der Waals surface area contributed by atoms with Crippen molar-refractivity contribution in [3.8, 4) is 0 Å². The van der Waals surface area contributed by atoms with Crippen LogP contribution in [0.25, 0.3) is 0 Å². The van der Waals surface area contributed by atoms with E-state index < -0.39 is 23.7 Å². The van der Waals surface area contributed by atoms with Crippen molar-refractivity contribution in [2.75, 3.05) is 0 Å². The van der Waals surface area contributed by atoms with Crippen LogP contribution in [0.1, 0.15) is 29.3 Å². The topological polar surface area (TPSA) is 66.4 Å². The number of carbonyl (C=O) groups is 2. The lowest BCUT2D eigenvalue weighted by Crippen LogP contribution is -2.40. The molecule has 4 nitrogen and oxygen atoms in total. The molecule has 5 heteroatoms. The summed E-state index contributed by atoms with van der Waals surface area (Å²) in [7, 11) is 0. The van der Waals surface area contributed by atoms with E-state index >= 15 is 0 Å². The predicted molar refractivity (Wildman–Crippen MR) is 69.5 cm³/mol. The number of carboxylic acids is 1. The first-order valence-corrected chi connectivity index (χ1v) is 5.87. The van der Waals surface area contributed by atoms with E-state index in [9.17, 15) is 14.0 Å². The van der Waals surface area contributed by atoms with Gasteiger partial charge in [0.2, 0.25) is 0 Å². The van der Waals surface area contributed by atoms with Gasteiger partial charge in [-0.25, -0.2) is 9.18 Å². The third kappa shape index (κ3) is 3.91. The lowest BCUT2D eigenvalue weighted by atomic mass is 10.1. The van der Waals surface area contributed by atoms with E-state index in [2.05, 4.69) is 5.32 Å². The number of rotatable bonds is 5. The van der Waals surface area contributed by atoms with Crippen molar-refractivity contribution in [2.24, 2.45) is 0 Å². The van der Waals surface area contributed by atoms with Gasteiger partial charge in [-0.05, 0) is 38.0 Å². The molecule has 0 radical (unpaired) electrons. The second-order valence-electron chi connectivity index (χ2n) is 4.08. The Morgan fingerprint density at radius 2 is 2.16 bits per heavy atom. The second-order valence-corrected chi connectivity index (χ2v) is 4.08. The Bertz CT molecular complexity index is 511. The van der Waals surface area contributed by atoms with E-state index in [0.717, 1.165) is 0 Å². The molecular weight excluding hydrogens is 249 g/mol. The van der Waals surface area contributed by atoms with Crippen LogP contribution in [0.2, 0.25) is 0 Å². The Kier molecular flexibility index (Phi) is 5.23. The van der Waals surface area contributed by atoms with E-state index in [4.69, 9.17) is 5.11 Å². The van der Waals surface area contributed by atoms with E-state index in [1.54, 1.807) is 19.1 Å². The van der Waals surface area contributed by atoms with Crippen molar-refractivity contribution < 1.29 is 19.1 Å². The standard InChI is InChI=1S/C14H16FNO3/c1-3-4-8-12(14(18)19)16-13(17)10-6-5-7-11(15)9(10)2/h3-7,12H,8H2,1-2H3,(H,16,17)(H,18,19)/b4-3+. The van der Waals surface area contributed by atoms with Gasteiger partial charge >= 0.3 is 5.97 Å². The molecule has 2 N–H and O–H groups in total. The fraction of sp³-hybridized carbons (Fsp3) is 0.286. The zero-order valence-corrected chi connectivity index (χ0v) is 10.8. The first kappa shape index (κ1) is 14.9. The molecule has 0 bridgehead atoms. The van der Waals surface area contributed by atoms with Crippen LogP contribution in [0.3, 0.4) is 0 Å². The average Bonchev–Trinajstić information content (AvgIpc) is 2.37. The number of halogens is 1. The van der Waals surface area contributed by atoms with E-state index in [1.165, 1.54) is 25.1 Å². The number of benzene rings is 1. The average molecular weight is 265 g/mol. The van der Waals surface area contributed by atoms with Crippen LogP contribution in [-0.4, -0.2) is 23.0 Å². The minimum atomic E-state index is -1.12. The normalized spacial score (nSPS) is 12.4. The lowest BCUT2D eigenvalue weighted by Gasteiger charge is -2.14. The van der Waals surface area contributed by atoms with Crippen molar-refractivity contribution in [1.82, 2.24) is 5.32 Å². The molecule has 0 aliphatic heterocycles. The molecule has 0 saturated carbocycles. The number of carboxylic acid groups (broad SMARTS) is 1. The Morgan fingerprint density at radius 3 is 2.74 bits per heavy atom. The van der Waals surface area contributed by atoms with Gasteiger partial charge in [0, 0.05) is 5.56 Å². The molecular formula is C14H16FNO3. The van der Waals surface area contributed by atoms with Gasteiger partial charge in [0.15, 0.2) is 0 Å².